The molecule has 3 nitrogen and oxygen atoms in total. The van der Waals surface area contributed by atoms with Crippen molar-refractivity contribution in [3.05, 3.63) is 34.9 Å². The van der Waals surface area contributed by atoms with E-state index in [1.165, 1.54) is 43.1 Å². The smallest absolute Gasteiger partial charge is 0.320 e. The zero-order valence-corrected chi connectivity index (χ0v) is 12.1. The van der Waals surface area contributed by atoms with Crippen molar-refractivity contribution in [2.24, 2.45) is 0 Å². The molecule has 1 aliphatic rings. The summed E-state index contributed by atoms with van der Waals surface area (Å²) >= 11 is 3.29. The van der Waals surface area contributed by atoms with Crippen molar-refractivity contribution in [1.82, 2.24) is 5.32 Å². The van der Waals surface area contributed by atoms with Gasteiger partial charge in [-0.1, -0.05) is 34.1 Å². The molecule has 0 fully saturated rings. The Hall–Kier alpha value is -0.870. The molecule has 4 heteroatoms. The van der Waals surface area contributed by atoms with E-state index in [0.717, 1.165) is 6.54 Å². The van der Waals surface area contributed by atoms with Gasteiger partial charge in [0.15, 0.2) is 0 Å². The van der Waals surface area contributed by atoms with E-state index in [-0.39, 0.29) is 10.8 Å². The largest absolute Gasteiger partial charge is 0.468 e. The molecule has 2 rings (SSSR count). The normalized spacial score (nSPS) is 15.2. The maximum Gasteiger partial charge on any atom is 0.320 e. The van der Waals surface area contributed by atoms with Gasteiger partial charge in [0.05, 0.1) is 7.11 Å². The predicted molar refractivity (Wildman–Crippen MR) is 74.9 cm³/mol. The van der Waals surface area contributed by atoms with Crippen molar-refractivity contribution in [3.8, 4) is 0 Å². The van der Waals surface area contributed by atoms with Crippen molar-refractivity contribution in [2.75, 3.05) is 13.7 Å². The number of hydrogen-bond acceptors (Lipinski definition) is 3. The topological polar surface area (TPSA) is 38.3 Å². The molecular formula is C14H18BrNO2. The van der Waals surface area contributed by atoms with Crippen LogP contribution in [-0.2, 0) is 28.9 Å². The average Bonchev–Trinajstić information content (AvgIpc) is 2.85. The van der Waals surface area contributed by atoms with Gasteiger partial charge in [-0.05, 0) is 36.0 Å². The molecule has 1 aromatic rings. The number of rotatable bonds is 5. The van der Waals surface area contributed by atoms with E-state index in [1.54, 1.807) is 0 Å². The van der Waals surface area contributed by atoms with Crippen LogP contribution in [0.5, 0.6) is 0 Å². The first-order valence-corrected chi connectivity index (χ1v) is 7.15. The van der Waals surface area contributed by atoms with E-state index in [4.69, 9.17) is 0 Å². The molecule has 1 unspecified atom stereocenters. The Balaban J connectivity index is 1.82. The molecule has 0 aromatic heterocycles. The van der Waals surface area contributed by atoms with Gasteiger partial charge < -0.3 is 10.1 Å². The third-order valence-electron chi connectivity index (χ3n) is 3.27. The van der Waals surface area contributed by atoms with Crippen molar-refractivity contribution < 1.29 is 9.53 Å². The minimum absolute atomic E-state index is 0.239. The van der Waals surface area contributed by atoms with Crippen LogP contribution < -0.4 is 5.32 Å². The summed E-state index contributed by atoms with van der Waals surface area (Å²) in [5.74, 6) is -0.239. The number of benzene rings is 1. The molecule has 0 bridgehead atoms. The van der Waals surface area contributed by atoms with Crippen molar-refractivity contribution in [3.63, 3.8) is 0 Å². The lowest BCUT2D eigenvalue weighted by molar-refractivity contribution is -0.139. The molecule has 0 aliphatic heterocycles. The van der Waals surface area contributed by atoms with E-state index < -0.39 is 0 Å². The number of halogens is 1. The maximum atomic E-state index is 11.2. The summed E-state index contributed by atoms with van der Waals surface area (Å²) in [6.07, 6.45) is 3.69. The standard InChI is InChI=1S/C14H18BrNO2/c1-18-14(17)13(15)9-16-8-10-5-6-11-3-2-4-12(11)7-10/h5-7,13,16H,2-4,8-9H2,1H3. The van der Waals surface area contributed by atoms with Crippen molar-refractivity contribution in [1.29, 1.82) is 0 Å². The summed E-state index contributed by atoms with van der Waals surface area (Å²) in [7, 11) is 1.40. The molecule has 1 aromatic carbocycles. The Morgan fingerprint density at radius 3 is 3.00 bits per heavy atom. The minimum atomic E-state index is -0.281. The van der Waals surface area contributed by atoms with Crippen LogP contribution in [0.4, 0.5) is 0 Å². The number of hydrogen-bond donors (Lipinski definition) is 1. The first-order valence-electron chi connectivity index (χ1n) is 6.24. The predicted octanol–water partition coefficient (Wildman–Crippen LogP) is 2.20. The summed E-state index contributed by atoms with van der Waals surface area (Å²) in [5, 5.41) is 3.26. The molecule has 1 aliphatic carbocycles. The second kappa shape index (κ2) is 6.34. The number of esters is 1. The highest BCUT2D eigenvalue weighted by Crippen LogP contribution is 2.22. The van der Waals surface area contributed by atoms with Crippen molar-refractivity contribution in [2.45, 2.75) is 30.6 Å². The second-order valence-electron chi connectivity index (χ2n) is 4.58. The lowest BCUT2D eigenvalue weighted by Gasteiger charge is -2.10. The van der Waals surface area contributed by atoms with Gasteiger partial charge in [-0.25, -0.2) is 0 Å². The lowest BCUT2D eigenvalue weighted by Crippen LogP contribution is -2.29. The summed E-state index contributed by atoms with van der Waals surface area (Å²) in [6, 6.07) is 6.67. The molecule has 0 spiro atoms. The van der Waals surface area contributed by atoms with E-state index in [1.807, 2.05) is 0 Å². The van der Waals surface area contributed by atoms with Crippen LogP contribution >= 0.6 is 15.9 Å². The number of carbonyl (C=O) groups is 1. The minimum Gasteiger partial charge on any atom is -0.468 e. The number of carbonyl (C=O) groups excluding carboxylic acids is 1. The molecule has 1 N–H and O–H groups in total. The number of ether oxygens (including phenoxy) is 1. The van der Waals surface area contributed by atoms with Gasteiger partial charge in [-0.15, -0.1) is 0 Å². The summed E-state index contributed by atoms with van der Waals surface area (Å²) in [4.78, 5) is 10.9. The van der Waals surface area contributed by atoms with E-state index >= 15 is 0 Å². The van der Waals surface area contributed by atoms with Gasteiger partial charge in [0.1, 0.15) is 4.83 Å². The van der Waals surface area contributed by atoms with E-state index in [9.17, 15) is 4.79 Å². The molecular weight excluding hydrogens is 294 g/mol. The maximum absolute atomic E-state index is 11.2. The summed E-state index contributed by atoms with van der Waals surface area (Å²) in [5.41, 5.74) is 4.25. The Morgan fingerprint density at radius 1 is 1.44 bits per heavy atom. The highest BCUT2D eigenvalue weighted by molar-refractivity contribution is 9.10. The first kappa shape index (κ1) is 13.6. The molecule has 0 saturated heterocycles. The van der Waals surface area contributed by atoms with E-state index in [2.05, 4.69) is 44.2 Å². The summed E-state index contributed by atoms with van der Waals surface area (Å²) < 4.78 is 4.65. The Bertz CT molecular complexity index is 434. The zero-order valence-electron chi connectivity index (χ0n) is 10.5. The van der Waals surface area contributed by atoms with Crippen LogP contribution in [0.25, 0.3) is 0 Å². The van der Waals surface area contributed by atoms with Gasteiger partial charge in [0.2, 0.25) is 0 Å². The number of methoxy groups -OCH3 is 1. The van der Waals surface area contributed by atoms with Gasteiger partial charge in [0, 0.05) is 13.1 Å². The molecule has 1 atom stereocenters. The number of nitrogens with one attached hydrogen (secondary N) is 1. The van der Waals surface area contributed by atoms with Gasteiger partial charge >= 0.3 is 5.97 Å². The molecule has 0 heterocycles. The van der Waals surface area contributed by atoms with Crippen LogP contribution in [0.1, 0.15) is 23.1 Å². The summed E-state index contributed by atoms with van der Waals surface area (Å²) in [6.45, 7) is 1.36. The average molecular weight is 312 g/mol. The Labute approximate surface area is 116 Å². The molecule has 18 heavy (non-hydrogen) atoms. The molecule has 0 radical (unpaired) electrons. The zero-order chi connectivity index (χ0) is 13.0. The van der Waals surface area contributed by atoms with Gasteiger partial charge in [-0.3, -0.25) is 4.79 Å². The number of fused-ring (bicyclic) bond motifs is 1. The lowest BCUT2D eigenvalue weighted by atomic mass is 10.1. The van der Waals surface area contributed by atoms with E-state index in [0.29, 0.717) is 6.54 Å². The van der Waals surface area contributed by atoms with Crippen LogP contribution in [-0.4, -0.2) is 24.5 Å². The number of alkyl halides is 1. The van der Waals surface area contributed by atoms with Gasteiger partial charge in [-0.2, -0.15) is 0 Å². The van der Waals surface area contributed by atoms with Crippen LogP contribution in [0.2, 0.25) is 0 Å². The quantitative estimate of drug-likeness (QED) is 0.669. The molecule has 98 valence electrons. The highest BCUT2D eigenvalue weighted by atomic mass is 79.9. The fourth-order valence-electron chi connectivity index (χ4n) is 2.29. The first-order chi connectivity index (χ1) is 8.70. The Kier molecular flexibility index (Phi) is 4.78. The fraction of sp³-hybridized carbons (Fsp3) is 0.500. The van der Waals surface area contributed by atoms with Crippen molar-refractivity contribution >= 4 is 21.9 Å². The molecule has 0 amide bonds. The monoisotopic (exact) mass is 311 g/mol. The molecule has 0 saturated carbocycles. The second-order valence-corrected chi connectivity index (χ2v) is 5.68. The van der Waals surface area contributed by atoms with Crippen LogP contribution in [0, 0.1) is 0 Å². The SMILES string of the molecule is COC(=O)C(Br)CNCc1ccc2c(c1)CCC2. The third kappa shape index (κ3) is 3.33. The van der Waals surface area contributed by atoms with Gasteiger partial charge in [0.25, 0.3) is 0 Å². The van der Waals surface area contributed by atoms with Crippen LogP contribution in [0.15, 0.2) is 18.2 Å². The van der Waals surface area contributed by atoms with Crippen LogP contribution in [0.3, 0.4) is 0 Å². The Morgan fingerprint density at radius 2 is 2.22 bits per heavy atom. The number of aryl methyl sites for hydroxylation is 2. The fourth-order valence-corrected chi connectivity index (χ4v) is 2.71. The third-order valence-corrected chi connectivity index (χ3v) is 3.97. The highest BCUT2D eigenvalue weighted by Gasteiger charge is 2.14.